The highest BCUT2D eigenvalue weighted by Gasteiger charge is 2.35. The van der Waals surface area contributed by atoms with E-state index in [0.29, 0.717) is 24.3 Å². The Bertz CT molecular complexity index is 252. The first-order chi connectivity index (χ1) is 6.45. The minimum absolute atomic E-state index is 0.166. The molecule has 3 N–H and O–H groups in total. The minimum Gasteiger partial charge on any atom is -0.324 e. The van der Waals surface area contributed by atoms with Gasteiger partial charge in [-0.2, -0.15) is 0 Å². The van der Waals surface area contributed by atoms with Gasteiger partial charge in [0.1, 0.15) is 0 Å². The molecule has 2 atom stereocenters. The summed E-state index contributed by atoms with van der Waals surface area (Å²) in [6.45, 7) is 0. The Labute approximate surface area is 81.6 Å². The standard InChI is InChI=1S/C7H14NO5P/c9-5-8(10)6-2-1-3-7(4-6)14(11,12)13/h5-7,10H,1-4H2,(H2,11,12,13). The number of hydroxylamine groups is 2. The summed E-state index contributed by atoms with van der Waals surface area (Å²) in [4.78, 5) is 28.1. The predicted octanol–water partition coefficient (Wildman–Crippen LogP) is 0.323. The summed E-state index contributed by atoms with van der Waals surface area (Å²) in [6.07, 6.45) is 2.09. The van der Waals surface area contributed by atoms with Gasteiger partial charge in [0, 0.05) is 0 Å². The van der Waals surface area contributed by atoms with Crippen LogP contribution in [0.15, 0.2) is 0 Å². The summed E-state index contributed by atoms with van der Waals surface area (Å²) >= 11 is 0. The third kappa shape index (κ3) is 2.78. The molecule has 1 rings (SSSR count). The second-order valence-electron chi connectivity index (χ2n) is 3.55. The van der Waals surface area contributed by atoms with Crippen LogP contribution in [0, 0.1) is 0 Å². The van der Waals surface area contributed by atoms with Crippen LogP contribution in [0.2, 0.25) is 0 Å². The lowest BCUT2D eigenvalue weighted by molar-refractivity contribution is -0.162. The van der Waals surface area contributed by atoms with Crippen molar-refractivity contribution >= 4 is 14.0 Å². The molecule has 1 fully saturated rings. The maximum atomic E-state index is 10.9. The van der Waals surface area contributed by atoms with Crippen LogP contribution in [0.3, 0.4) is 0 Å². The molecule has 0 heterocycles. The molecule has 0 bridgehead atoms. The molecule has 14 heavy (non-hydrogen) atoms. The predicted molar refractivity (Wildman–Crippen MR) is 47.8 cm³/mol. The molecular weight excluding hydrogens is 209 g/mol. The van der Waals surface area contributed by atoms with Gasteiger partial charge in [-0.05, 0) is 19.3 Å². The van der Waals surface area contributed by atoms with Crippen molar-refractivity contribution in [3.8, 4) is 0 Å². The fourth-order valence-corrected chi connectivity index (χ4v) is 2.81. The average molecular weight is 223 g/mol. The largest absolute Gasteiger partial charge is 0.328 e. The zero-order chi connectivity index (χ0) is 10.8. The highest BCUT2D eigenvalue weighted by atomic mass is 31.2. The molecule has 0 aromatic heterocycles. The molecule has 1 saturated carbocycles. The maximum Gasteiger partial charge on any atom is 0.328 e. The van der Waals surface area contributed by atoms with Crippen molar-refractivity contribution in [2.75, 3.05) is 0 Å². The van der Waals surface area contributed by atoms with E-state index in [1.807, 2.05) is 0 Å². The van der Waals surface area contributed by atoms with E-state index in [4.69, 9.17) is 15.0 Å². The van der Waals surface area contributed by atoms with E-state index in [1.54, 1.807) is 0 Å². The molecule has 1 aliphatic carbocycles. The highest BCUT2D eigenvalue weighted by Crippen LogP contribution is 2.48. The van der Waals surface area contributed by atoms with Crippen LogP contribution in [0.1, 0.15) is 25.7 Å². The van der Waals surface area contributed by atoms with Crippen LogP contribution >= 0.6 is 7.60 Å². The fraction of sp³-hybridized carbons (Fsp3) is 0.857. The molecule has 6 nitrogen and oxygen atoms in total. The zero-order valence-electron chi connectivity index (χ0n) is 7.61. The van der Waals surface area contributed by atoms with E-state index in [-0.39, 0.29) is 12.8 Å². The summed E-state index contributed by atoms with van der Waals surface area (Å²) in [5.74, 6) is 0. The monoisotopic (exact) mass is 223 g/mol. The molecular formula is C7H14NO5P. The van der Waals surface area contributed by atoms with Crippen LogP contribution in [-0.4, -0.2) is 38.2 Å². The Morgan fingerprint density at radius 1 is 1.36 bits per heavy atom. The summed E-state index contributed by atoms with van der Waals surface area (Å²) in [6, 6.07) is -0.459. The number of hydrogen-bond donors (Lipinski definition) is 3. The van der Waals surface area contributed by atoms with Crippen LogP contribution in [-0.2, 0) is 9.36 Å². The van der Waals surface area contributed by atoms with Crippen molar-refractivity contribution in [1.82, 2.24) is 5.06 Å². The lowest BCUT2D eigenvalue weighted by atomic mass is 9.95. The summed E-state index contributed by atoms with van der Waals surface area (Å²) in [7, 11) is -4.08. The minimum atomic E-state index is -4.08. The third-order valence-corrected chi connectivity index (χ3v) is 4.00. The van der Waals surface area contributed by atoms with Crippen molar-refractivity contribution in [1.29, 1.82) is 0 Å². The third-order valence-electron chi connectivity index (χ3n) is 2.58. The zero-order valence-corrected chi connectivity index (χ0v) is 8.51. The molecule has 82 valence electrons. The quantitative estimate of drug-likeness (QED) is 0.277. The summed E-state index contributed by atoms with van der Waals surface area (Å²) < 4.78 is 10.9. The lowest BCUT2D eigenvalue weighted by Gasteiger charge is -2.31. The van der Waals surface area contributed by atoms with E-state index < -0.39 is 19.3 Å². The van der Waals surface area contributed by atoms with Gasteiger partial charge < -0.3 is 9.79 Å². The fourth-order valence-electron chi connectivity index (χ4n) is 1.77. The number of carbonyl (C=O) groups excluding carboxylic acids is 1. The smallest absolute Gasteiger partial charge is 0.324 e. The molecule has 0 radical (unpaired) electrons. The molecule has 1 amide bonds. The van der Waals surface area contributed by atoms with Gasteiger partial charge in [0.25, 0.3) is 0 Å². The Morgan fingerprint density at radius 3 is 2.50 bits per heavy atom. The first kappa shape index (κ1) is 11.7. The SMILES string of the molecule is O=CN(O)C1CCCC(P(=O)(O)O)C1. The van der Waals surface area contributed by atoms with Crippen LogP contribution < -0.4 is 0 Å². The first-order valence-electron chi connectivity index (χ1n) is 4.43. The van der Waals surface area contributed by atoms with Crippen LogP contribution in [0.25, 0.3) is 0 Å². The van der Waals surface area contributed by atoms with Gasteiger partial charge >= 0.3 is 7.60 Å². The second kappa shape index (κ2) is 4.40. The van der Waals surface area contributed by atoms with Crippen LogP contribution in [0.5, 0.6) is 0 Å². The number of carbonyl (C=O) groups is 1. The lowest BCUT2D eigenvalue weighted by Crippen LogP contribution is -2.37. The summed E-state index contributed by atoms with van der Waals surface area (Å²) in [5.41, 5.74) is -0.726. The van der Waals surface area contributed by atoms with Gasteiger partial charge in [-0.1, -0.05) is 6.42 Å². The number of rotatable bonds is 3. The van der Waals surface area contributed by atoms with Gasteiger partial charge in [-0.25, -0.2) is 5.06 Å². The second-order valence-corrected chi connectivity index (χ2v) is 5.46. The van der Waals surface area contributed by atoms with E-state index >= 15 is 0 Å². The van der Waals surface area contributed by atoms with E-state index in [2.05, 4.69) is 0 Å². The van der Waals surface area contributed by atoms with Crippen molar-refractivity contribution in [3.05, 3.63) is 0 Å². The van der Waals surface area contributed by atoms with E-state index in [0.717, 1.165) is 0 Å². The topological polar surface area (TPSA) is 98.1 Å². The Kier molecular flexibility index (Phi) is 3.66. The van der Waals surface area contributed by atoms with Crippen LogP contribution in [0.4, 0.5) is 0 Å². The molecule has 1 aliphatic rings. The molecule has 0 aliphatic heterocycles. The molecule has 7 heteroatoms. The van der Waals surface area contributed by atoms with Gasteiger partial charge in [0.2, 0.25) is 6.41 Å². The van der Waals surface area contributed by atoms with E-state index in [1.165, 1.54) is 0 Å². The van der Waals surface area contributed by atoms with Gasteiger partial charge in [-0.15, -0.1) is 0 Å². The van der Waals surface area contributed by atoms with Crippen molar-refractivity contribution in [2.45, 2.75) is 37.4 Å². The number of nitrogens with zero attached hydrogens (tertiary/aromatic N) is 1. The van der Waals surface area contributed by atoms with E-state index in [9.17, 15) is 9.36 Å². The maximum absolute atomic E-state index is 10.9. The Morgan fingerprint density at radius 2 is 2.00 bits per heavy atom. The highest BCUT2D eigenvalue weighted by molar-refractivity contribution is 7.52. The molecule has 0 aromatic carbocycles. The van der Waals surface area contributed by atoms with Gasteiger partial charge in [0.15, 0.2) is 0 Å². The Balaban J connectivity index is 2.60. The molecule has 2 unspecified atom stereocenters. The normalized spacial score (nSPS) is 28.5. The Hall–Kier alpha value is -0.420. The average Bonchev–Trinajstić information content (AvgIpc) is 2.15. The van der Waals surface area contributed by atoms with Crippen molar-refractivity contribution in [3.63, 3.8) is 0 Å². The van der Waals surface area contributed by atoms with Crippen molar-refractivity contribution < 1.29 is 24.4 Å². The van der Waals surface area contributed by atoms with Gasteiger partial charge in [-0.3, -0.25) is 14.6 Å². The molecule has 0 aromatic rings. The van der Waals surface area contributed by atoms with Gasteiger partial charge in [0.05, 0.1) is 11.7 Å². The first-order valence-corrected chi connectivity index (χ1v) is 6.11. The molecule has 0 saturated heterocycles. The van der Waals surface area contributed by atoms with Crippen molar-refractivity contribution in [2.24, 2.45) is 0 Å². The number of amides is 1. The summed E-state index contributed by atoms with van der Waals surface area (Å²) in [5, 5.41) is 9.58. The number of hydrogen-bond acceptors (Lipinski definition) is 3. The molecule has 0 spiro atoms.